The van der Waals surface area contributed by atoms with Crippen LogP contribution in [0.1, 0.15) is 25.5 Å². The van der Waals surface area contributed by atoms with Gasteiger partial charge in [0, 0.05) is 41.8 Å². The zero-order valence-corrected chi connectivity index (χ0v) is 14.5. The van der Waals surface area contributed by atoms with E-state index in [4.69, 9.17) is 4.98 Å². The van der Waals surface area contributed by atoms with Crippen LogP contribution in [0.3, 0.4) is 0 Å². The van der Waals surface area contributed by atoms with Gasteiger partial charge in [0.1, 0.15) is 0 Å². The van der Waals surface area contributed by atoms with E-state index in [9.17, 15) is 4.39 Å². The number of benzene rings is 1. The molecule has 2 aromatic heterocycles. The second-order valence-corrected chi connectivity index (χ2v) is 6.86. The number of likely N-dealkylation sites (tertiary alicyclic amines) is 1. The third kappa shape index (κ3) is 3.54. The molecule has 128 valence electrons. The van der Waals surface area contributed by atoms with Crippen molar-refractivity contribution in [1.82, 2.24) is 14.9 Å². The molecule has 0 radical (unpaired) electrons. The quantitative estimate of drug-likeness (QED) is 0.659. The number of hydrogen-bond acceptors (Lipinski definition) is 3. The molecule has 1 fully saturated rings. The van der Waals surface area contributed by atoms with Gasteiger partial charge in [-0.25, -0.2) is 4.98 Å². The molecule has 1 aliphatic rings. The molecule has 4 rings (SSSR count). The van der Waals surface area contributed by atoms with Crippen molar-refractivity contribution in [1.29, 1.82) is 0 Å². The molecule has 3 heterocycles. The van der Waals surface area contributed by atoms with E-state index in [1.165, 1.54) is 25.5 Å². The fourth-order valence-corrected chi connectivity index (χ4v) is 3.62. The molecule has 1 saturated heterocycles. The zero-order valence-electron chi connectivity index (χ0n) is 14.5. The number of pyridine rings is 2. The van der Waals surface area contributed by atoms with E-state index in [-0.39, 0.29) is 0 Å². The summed E-state index contributed by atoms with van der Waals surface area (Å²) in [4.78, 5) is 11.1. The minimum atomic E-state index is -0.455. The van der Waals surface area contributed by atoms with Crippen LogP contribution < -0.4 is 0 Å². The predicted molar refractivity (Wildman–Crippen MR) is 98.9 cm³/mol. The molecule has 1 aliphatic heterocycles. The SMILES string of the molecule is C[C@@H]1CCCN1CCc1ccc2cc(-c3ccc(F)nc3)ccc2n1. The highest BCUT2D eigenvalue weighted by Crippen LogP contribution is 2.24. The molecular weight excluding hydrogens is 313 g/mol. The van der Waals surface area contributed by atoms with Crippen LogP contribution in [0.4, 0.5) is 4.39 Å². The molecule has 0 amide bonds. The fourth-order valence-electron chi connectivity index (χ4n) is 3.62. The molecule has 0 N–H and O–H groups in total. The minimum absolute atomic E-state index is 0.455. The molecule has 3 aromatic rings. The third-order valence-electron chi connectivity index (χ3n) is 5.15. The first kappa shape index (κ1) is 16.2. The Bertz CT molecular complexity index is 876. The van der Waals surface area contributed by atoms with E-state index < -0.39 is 5.95 Å². The third-order valence-corrected chi connectivity index (χ3v) is 5.15. The average Bonchev–Trinajstić information content (AvgIpc) is 3.05. The van der Waals surface area contributed by atoms with Crippen LogP contribution in [-0.4, -0.2) is 34.0 Å². The number of fused-ring (bicyclic) bond motifs is 1. The Hall–Kier alpha value is -2.33. The van der Waals surface area contributed by atoms with E-state index in [0.29, 0.717) is 6.04 Å². The van der Waals surface area contributed by atoms with Crippen molar-refractivity contribution in [2.24, 2.45) is 0 Å². The number of hydrogen-bond donors (Lipinski definition) is 0. The summed E-state index contributed by atoms with van der Waals surface area (Å²) in [6, 6.07) is 14.2. The summed E-state index contributed by atoms with van der Waals surface area (Å²) in [5.74, 6) is -0.455. The number of nitrogens with zero attached hydrogens (tertiary/aromatic N) is 3. The van der Waals surface area contributed by atoms with Crippen LogP contribution in [0.15, 0.2) is 48.7 Å². The Kier molecular flexibility index (Phi) is 4.45. The van der Waals surface area contributed by atoms with Crippen LogP contribution in [0.25, 0.3) is 22.0 Å². The normalized spacial score (nSPS) is 18.1. The molecule has 0 aliphatic carbocycles. The van der Waals surface area contributed by atoms with Crippen LogP contribution in [0.2, 0.25) is 0 Å². The molecule has 0 spiro atoms. The Morgan fingerprint density at radius 1 is 1.12 bits per heavy atom. The van der Waals surface area contributed by atoms with Crippen molar-refractivity contribution in [2.45, 2.75) is 32.2 Å². The lowest BCUT2D eigenvalue weighted by Gasteiger charge is -2.20. The van der Waals surface area contributed by atoms with Gasteiger partial charge in [-0.15, -0.1) is 0 Å². The van der Waals surface area contributed by atoms with Gasteiger partial charge in [0.25, 0.3) is 0 Å². The van der Waals surface area contributed by atoms with Crippen molar-refractivity contribution >= 4 is 10.9 Å². The second kappa shape index (κ2) is 6.89. The van der Waals surface area contributed by atoms with E-state index in [1.54, 1.807) is 12.3 Å². The monoisotopic (exact) mass is 335 g/mol. The van der Waals surface area contributed by atoms with Crippen molar-refractivity contribution in [2.75, 3.05) is 13.1 Å². The predicted octanol–water partition coefficient (Wildman–Crippen LogP) is 4.46. The number of rotatable bonds is 4. The lowest BCUT2D eigenvalue weighted by atomic mass is 10.0. The Balaban J connectivity index is 1.53. The molecule has 25 heavy (non-hydrogen) atoms. The van der Waals surface area contributed by atoms with Crippen molar-refractivity contribution in [3.63, 3.8) is 0 Å². The topological polar surface area (TPSA) is 29.0 Å². The number of halogens is 1. The van der Waals surface area contributed by atoms with Gasteiger partial charge >= 0.3 is 0 Å². The van der Waals surface area contributed by atoms with Gasteiger partial charge in [0.2, 0.25) is 5.95 Å². The van der Waals surface area contributed by atoms with E-state index in [0.717, 1.165) is 40.7 Å². The highest BCUT2D eigenvalue weighted by molar-refractivity contribution is 5.84. The van der Waals surface area contributed by atoms with Gasteiger partial charge in [-0.2, -0.15) is 4.39 Å². The van der Waals surface area contributed by atoms with Gasteiger partial charge < -0.3 is 4.90 Å². The second-order valence-electron chi connectivity index (χ2n) is 6.86. The summed E-state index contributed by atoms with van der Waals surface area (Å²) in [6.07, 6.45) is 5.18. The molecule has 1 aromatic carbocycles. The lowest BCUT2D eigenvalue weighted by molar-refractivity contribution is 0.271. The molecular formula is C21H22FN3. The van der Waals surface area contributed by atoms with Gasteiger partial charge in [0.15, 0.2) is 0 Å². The van der Waals surface area contributed by atoms with Crippen LogP contribution >= 0.6 is 0 Å². The Labute approximate surface area is 147 Å². The summed E-state index contributed by atoms with van der Waals surface area (Å²) in [7, 11) is 0. The largest absolute Gasteiger partial charge is 0.300 e. The maximum absolute atomic E-state index is 13.0. The summed E-state index contributed by atoms with van der Waals surface area (Å²) < 4.78 is 13.0. The zero-order chi connectivity index (χ0) is 17.2. The Morgan fingerprint density at radius 3 is 2.76 bits per heavy atom. The molecule has 0 bridgehead atoms. The highest BCUT2D eigenvalue weighted by Gasteiger charge is 2.19. The summed E-state index contributed by atoms with van der Waals surface area (Å²) in [6.45, 7) is 4.61. The first-order chi connectivity index (χ1) is 12.2. The fraction of sp³-hybridized carbons (Fsp3) is 0.333. The first-order valence-electron chi connectivity index (χ1n) is 8.95. The van der Waals surface area contributed by atoms with E-state index >= 15 is 0 Å². The summed E-state index contributed by atoms with van der Waals surface area (Å²) in [5, 5.41) is 1.10. The van der Waals surface area contributed by atoms with Gasteiger partial charge in [-0.3, -0.25) is 4.98 Å². The summed E-state index contributed by atoms with van der Waals surface area (Å²) in [5.41, 5.74) is 4.09. The van der Waals surface area contributed by atoms with Gasteiger partial charge in [0.05, 0.1) is 5.52 Å². The maximum Gasteiger partial charge on any atom is 0.212 e. The van der Waals surface area contributed by atoms with Crippen molar-refractivity contribution < 1.29 is 4.39 Å². The smallest absolute Gasteiger partial charge is 0.212 e. The van der Waals surface area contributed by atoms with Gasteiger partial charge in [-0.05, 0) is 62.2 Å². The molecule has 0 unspecified atom stereocenters. The molecule has 1 atom stereocenters. The minimum Gasteiger partial charge on any atom is -0.300 e. The number of aromatic nitrogens is 2. The standard InChI is InChI=1S/C21H22FN3/c1-15-3-2-11-25(15)12-10-19-7-4-17-13-16(5-8-20(17)24-19)18-6-9-21(22)23-14-18/h4-9,13-15H,2-3,10-12H2,1H3/t15-/m1/s1. The molecule has 3 nitrogen and oxygen atoms in total. The van der Waals surface area contributed by atoms with E-state index in [1.807, 2.05) is 12.1 Å². The molecule has 4 heteroatoms. The summed E-state index contributed by atoms with van der Waals surface area (Å²) >= 11 is 0. The Morgan fingerprint density at radius 2 is 2.00 bits per heavy atom. The lowest BCUT2D eigenvalue weighted by Crippen LogP contribution is -2.29. The van der Waals surface area contributed by atoms with Crippen LogP contribution in [0.5, 0.6) is 0 Å². The maximum atomic E-state index is 13.0. The first-order valence-corrected chi connectivity index (χ1v) is 8.95. The highest BCUT2D eigenvalue weighted by atomic mass is 19.1. The van der Waals surface area contributed by atoms with Crippen LogP contribution in [0, 0.1) is 5.95 Å². The van der Waals surface area contributed by atoms with Crippen molar-refractivity contribution in [3.8, 4) is 11.1 Å². The average molecular weight is 335 g/mol. The van der Waals surface area contributed by atoms with Crippen LogP contribution in [-0.2, 0) is 6.42 Å². The van der Waals surface area contributed by atoms with Gasteiger partial charge in [-0.1, -0.05) is 12.1 Å². The molecule has 0 saturated carbocycles. The van der Waals surface area contributed by atoms with E-state index in [2.05, 4.69) is 35.0 Å². The van der Waals surface area contributed by atoms with Crippen molar-refractivity contribution in [3.05, 3.63) is 60.3 Å².